The van der Waals surface area contributed by atoms with E-state index < -0.39 is 21.7 Å². The molecule has 4 aromatic rings. The lowest BCUT2D eigenvalue weighted by Crippen LogP contribution is -2.44. The first kappa shape index (κ1) is 29.0. The van der Waals surface area contributed by atoms with Crippen molar-refractivity contribution in [1.29, 1.82) is 0 Å². The van der Waals surface area contributed by atoms with Crippen LogP contribution in [0.15, 0.2) is 48.7 Å². The summed E-state index contributed by atoms with van der Waals surface area (Å²) in [6.07, 6.45) is 2.81. The highest BCUT2D eigenvalue weighted by Crippen LogP contribution is 2.40. The van der Waals surface area contributed by atoms with E-state index in [0.29, 0.717) is 79.2 Å². The average Bonchev–Trinajstić information content (AvgIpc) is 2.98. The minimum absolute atomic E-state index is 0.181. The number of sulfonamides is 1. The van der Waals surface area contributed by atoms with E-state index in [-0.39, 0.29) is 10.9 Å². The Morgan fingerprint density at radius 1 is 1.00 bits per heavy atom. The van der Waals surface area contributed by atoms with E-state index in [1.54, 1.807) is 24.4 Å². The highest BCUT2D eigenvalue weighted by molar-refractivity contribution is 7.92. The van der Waals surface area contributed by atoms with Gasteiger partial charge >= 0.3 is 0 Å². The number of aromatic nitrogens is 2. The average molecular weight is 610 g/mol. The van der Waals surface area contributed by atoms with Crippen LogP contribution < -0.4 is 25.2 Å². The van der Waals surface area contributed by atoms with Gasteiger partial charge < -0.3 is 25.2 Å². The number of hydrogen-bond donors (Lipinski definition) is 3. The zero-order chi connectivity index (χ0) is 30.1. The molecule has 0 spiro atoms. The largest absolute Gasteiger partial charge is 0.378 e. The summed E-state index contributed by atoms with van der Waals surface area (Å²) >= 11 is 0. The van der Waals surface area contributed by atoms with Crippen LogP contribution in [0.5, 0.6) is 0 Å². The van der Waals surface area contributed by atoms with Gasteiger partial charge in [0.1, 0.15) is 23.3 Å². The van der Waals surface area contributed by atoms with Crippen LogP contribution in [0.25, 0.3) is 22.0 Å². The van der Waals surface area contributed by atoms with Crippen molar-refractivity contribution in [3.63, 3.8) is 0 Å². The summed E-state index contributed by atoms with van der Waals surface area (Å²) in [5.41, 5.74) is 3.80. The third kappa shape index (κ3) is 6.33. The molecule has 3 N–H and O–H groups in total. The molecule has 0 radical (unpaired) electrons. The molecule has 10 nitrogen and oxygen atoms in total. The minimum atomic E-state index is -3.50. The van der Waals surface area contributed by atoms with Gasteiger partial charge in [0.25, 0.3) is 0 Å². The number of ether oxygens (including phenoxy) is 1. The fraction of sp³-hybridized carbons (Fsp3) is 0.333. The lowest BCUT2D eigenvalue weighted by atomic mass is 10.0. The Labute approximate surface area is 249 Å². The summed E-state index contributed by atoms with van der Waals surface area (Å²) in [5, 5.41) is 7.00. The summed E-state index contributed by atoms with van der Waals surface area (Å²) < 4.78 is 61.9. The first-order valence-corrected chi connectivity index (χ1v) is 16.0. The van der Waals surface area contributed by atoms with Gasteiger partial charge in [0, 0.05) is 80.5 Å². The van der Waals surface area contributed by atoms with Crippen molar-refractivity contribution >= 4 is 49.6 Å². The molecule has 6 rings (SSSR count). The van der Waals surface area contributed by atoms with Crippen LogP contribution in [0.3, 0.4) is 0 Å². The van der Waals surface area contributed by atoms with E-state index in [1.807, 2.05) is 19.1 Å². The Balaban J connectivity index is 1.52. The maximum absolute atomic E-state index is 15.5. The van der Waals surface area contributed by atoms with Crippen LogP contribution >= 0.6 is 0 Å². The molecule has 0 bridgehead atoms. The molecule has 2 aromatic carbocycles. The SMILES string of the molecule is Cc1c(N2CCNCC2)nc2cc(F)cc(F)c2c1Nc1cc(N2CCOCC2)ncc1-c1cccc(NS(C)(=O)=O)c1. The number of nitrogens with one attached hydrogen (secondary N) is 3. The summed E-state index contributed by atoms with van der Waals surface area (Å²) in [6.45, 7) is 7.32. The van der Waals surface area contributed by atoms with Gasteiger partial charge in [-0.15, -0.1) is 0 Å². The van der Waals surface area contributed by atoms with Crippen molar-refractivity contribution in [2.75, 3.05) is 78.6 Å². The number of rotatable bonds is 7. The van der Waals surface area contributed by atoms with Crippen molar-refractivity contribution in [2.24, 2.45) is 0 Å². The minimum Gasteiger partial charge on any atom is -0.378 e. The van der Waals surface area contributed by atoms with Crippen molar-refractivity contribution < 1.29 is 21.9 Å². The Morgan fingerprint density at radius 2 is 1.77 bits per heavy atom. The van der Waals surface area contributed by atoms with Gasteiger partial charge in [0.15, 0.2) is 0 Å². The number of nitrogens with zero attached hydrogens (tertiary/aromatic N) is 4. The highest BCUT2D eigenvalue weighted by Gasteiger charge is 2.23. The van der Waals surface area contributed by atoms with Gasteiger partial charge in [-0.3, -0.25) is 4.72 Å². The maximum atomic E-state index is 15.5. The molecule has 0 amide bonds. The van der Waals surface area contributed by atoms with Gasteiger partial charge in [-0.25, -0.2) is 27.2 Å². The second-order valence-electron chi connectivity index (χ2n) is 10.7. The molecular formula is C30H33F2N7O3S. The molecule has 0 saturated carbocycles. The number of pyridine rings is 2. The third-order valence-corrected chi connectivity index (χ3v) is 8.21. The molecular weight excluding hydrogens is 576 g/mol. The van der Waals surface area contributed by atoms with Crippen LogP contribution in [0.1, 0.15) is 5.56 Å². The second kappa shape index (κ2) is 11.9. The summed E-state index contributed by atoms with van der Waals surface area (Å²) in [4.78, 5) is 13.7. The number of benzene rings is 2. The van der Waals surface area contributed by atoms with Gasteiger partial charge in [0.05, 0.1) is 41.7 Å². The summed E-state index contributed by atoms with van der Waals surface area (Å²) in [5.74, 6) is -0.0500. The Kier molecular flexibility index (Phi) is 8.03. The molecule has 0 atom stereocenters. The molecule has 13 heteroatoms. The van der Waals surface area contributed by atoms with E-state index in [2.05, 4.69) is 25.2 Å². The van der Waals surface area contributed by atoms with Crippen LogP contribution in [0, 0.1) is 18.6 Å². The molecule has 2 aliphatic rings. The van der Waals surface area contributed by atoms with Gasteiger partial charge in [-0.05, 0) is 24.6 Å². The molecule has 43 heavy (non-hydrogen) atoms. The Bertz CT molecular complexity index is 1780. The van der Waals surface area contributed by atoms with Crippen LogP contribution in [0.4, 0.5) is 37.5 Å². The van der Waals surface area contributed by atoms with Crippen LogP contribution in [0.2, 0.25) is 0 Å². The monoisotopic (exact) mass is 609 g/mol. The fourth-order valence-electron chi connectivity index (χ4n) is 5.58. The molecule has 2 fully saturated rings. The smallest absolute Gasteiger partial charge is 0.229 e. The van der Waals surface area contributed by atoms with Crippen molar-refractivity contribution in [2.45, 2.75) is 6.92 Å². The standard InChI is InChI=1S/C30H33F2N7O3S/c1-19-29(28-24(32)15-21(31)16-26(28)36-30(19)39-8-6-33-7-9-39)35-25-17-27(38-10-12-42-13-11-38)34-18-23(25)20-4-3-5-22(14-20)37-43(2,40)41/h3-5,14-18,33,37H,6-13H2,1-2H3,(H,34,35,36). The molecule has 2 saturated heterocycles. The van der Waals surface area contributed by atoms with E-state index in [1.165, 1.54) is 6.07 Å². The summed E-state index contributed by atoms with van der Waals surface area (Å²) in [6, 6.07) is 11.0. The van der Waals surface area contributed by atoms with Crippen molar-refractivity contribution in [3.05, 3.63) is 65.9 Å². The number of anilines is 5. The van der Waals surface area contributed by atoms with Crippen LogP contribution in [-0.2, 0) is 14.8 Å². The molecule has 0 unspecified atom stereocenters. The van der Waals surface area contributed by atoms with Crippen molar-refractivity contribution in [3.8, 4) is 11.1 Å². The van der Waals surface area contributed by atoms with E-state index in [9.17, 15) is 12.8 Å². The molecule has 226 valence electrons. The molecule has 2 aliphatic heterocycles. The second-order valence-corrected chi connectivity index (χ2v) is 12.5. The zero-order valence-electron chi connectivity index (χ0n) is 24.0. The van der Waals surface area contributed by atoms with E-state index >= 15 is 4.39 Å². The van der Waals surface area contributed by atoms with Crippen LogP contribution in [-0.4, -0.2) is 77.1 Å². The van der Waals surface area contributed by atoms with Crippen molar-refractivity contribution in [1.82, 2.24) is 15.3 Å². The topological polar surface area (TPSA) is 112 Å². The van der Waals surface area contributed by atoms with Gasteiger partial charge in [0.2, 0.25) is 10.0 Å². The summed E-state index contributed by atoms with van der Waals surface area (Å²) in [7, 11) is -3.50. The number of halogens is 2. The molecule has 4 heterocycles. The van der Waals surface area contributed by atoms with Gasteiger partial charge in [-0.2, -0.15) is 0 Å². The zero-order valence-corrected chi connectivity index (χ0v) is 24.8. The first-order chi connectivity index (χ1) is 20.7. The molecule has 0 aliphatic carbocycles. The lowest BCUT2D eigenvalue weighted by Gasteiger charge is -2.31. The Morgan fingerprint density at radius 3 is 2.51 bits per heavy atom. The lowest BCUT2D eigenvalue weighted by molar-refractivity contribution is 0.122. The van der Waals surface area contributed by atoms with Gasteiger partial charge in [-0.1, -0.05) is 12.1 Å². The number of morpholine rings is 1. The normalized spacial score (nSPS) is 16.0. The quantitative estimate of drug-likeness (QED) is 0.283. The predicted octanol–water partition coefficient (Wildman–Crippen LogP) is 4.24. The Hall–Kier alpha value is -4.07. The maximum Gasteiger partial charge on any atom is 0.229 e. The molecule has 2 aromatic heterocycles. The highest BCUT2D eigenvalue weighted by atomic mass is 32.2. The predicted molar refractivity (Wildman–Crippen MR) is 166 cm³/mol. The first-order valence-electron chi connectivity index (χ1n) is 14.1. The number of fused-ring (bicyclic) bond motifs is 1. The number of hydrogen-bond acceptors (Lipinski definition) is 9. The fourth-order valence-corrected chi connectivity index (χ4v) is 6.13. The number of piperazine rings is 1. The van der Waals surface area contributed by atoms with E-state index in [0.717, 1.165) is 31.0 Å². The van der Waals surface area contributed by atoms with E-state index in [4.69, 9.17) is 14.7 Å². The third-order valence-electron chi connectivity index (χ3n) is 7.60.